The molecule has 0 saturated carbocycles. The third kappa shape index (κ3) is 4.57. The number of nitrogens with zero attached hydrogens (tertiary/aromatic N) is 5. The van der Waals surface area contributed by atoms with Crippen LogP contribution in [0.2, 0.25) is 0 Å². The van der Waals surface area contributed by atoms with E-state index in [1.807, 2.05) is 12.1 Å². The third-order valence-corrected chi connectivity index (χ3v) is 7.06. The summed E-state index contributed by atoms with van der Waals surface area (Å²) in [5.74, 6) is -0.0769. The highest BCUT2D eigenvalue weighted by atomic mass is 32.2. The Hall–Kier alpha value is -4.71. The van der Waals surface area contributed by atoms with E-state index in [0.717, 1.165) is 17.3 Å². The first kappa shape index (κ1) is 23.7. The van der Waals surface area contributed by atoms with Gasteiger partial charge in [-0.3, -0.25) is 15.1 Å². The molecule has 0 aliphatic heterocycles. The van der Waals surface area contributed by atoms with Gasteiger partial charge in [0.15, 0.2) is 11.5 Å². The molecule has 6 aromatic rings. The number of H-pyrrole nitrogens is 2. The van der Waals surface area contributed by atoms with Crippen LogP contribution in [0.1, 0.15) is 5.56 Å². The van der Waals surface area contributed by atoms with Crippen LogP contribution in [0.25, 0.3) is 56.0 Å². The average molecular weight is 529 g/mol. The van der Waals surface area contributed by atoms with Crippen LogP contribution in [0.4, 0.5) is 10.1 Å². The molecular weight excluding hydrogens is 507 g/mol. The van der Waals surface area contributed by atoms with E-state index in [-0.39, 0.29) is 12.2 Å². The Balaban J connectivity index is 1.43. The maximum atomic E-state index is 14.5. The van der Waals surface area contributed by atoms with Gasteiger partial charge in [0.1, 0.15) is 21.2 Å². The minimum absolute atomic E-state index is 0.0717. The van der Waals surface area contributed by atoms with Crippen molar-refractivity contribution in [3.8, 4) is 33.9 Å². The monoisotopic (exact) mass is 528 g/mol. The Morgan fingerprint density at radius 1 is 0.921 bits per heavy atom. The van der Waals surface area contributed by atoms with E-state index >= 15 is 0 Å². The largest absolute Gasteiger partial charge is 0.397 e. The number of hydrogen-bond donors (Lipinski definition) is 3. The van der Waals surface area contributed by atoms with Crippen LogP contribution < -0.4 is 5.73 Å². The van der Waals surface area contributed by atoms with Crippen molar-refractivity contribution in [2.24, 2.45) is 0 Å². The minimum Gasteiger partial charge on any atom is -0.397 e. The molecule has 0 aliphatic carbocycles. The lowest BCUT2D eigenvalue weighted by atomic mass is 10.0. The molecule has 0 radical (unpaired) electrons. The van der Waals surface area contributed by atoms with Gasteiger partial charge in [-0.05, 0) is 47.9 Å². The fraction of sp³-hybridized carbons (Fsp3) is 0.115. The van der Waals surface area contributed by atoms with E-state index in [2.05, 4.69) is 25.1 Å². The second-order valence-electron chi connectivity index (χ2n) is 9.07. The molecule has 5 aromatic heterocycles. The molecule has 0 spiro atoms. The average Bonchev–Trinajstić information content (AvgIpc) is 3.50. The molecule has 0 atom stereocenters. The Bertz CT molecular complexity index is 1950. The number of aryl methyl sites for hydroxylation is 1. The molecule has 10 nitrogen and oxygen atoms in total. The van der Waals surface area contributed by atoms with Crippen LogP contribution in [-0.4, -0.2) is 55.5 Å². The number of rotatable bonds is 6. The highest BCUT2D eigenvalue weighted by Gasteiger charge is 2.18. The van der Waals surface area contributed by atoms with Crippen LogP contribution in [0, 0.1) is 5.82 Å². The highest BCUT2D eigenvalue weighted by Crippen LogP contribution is 2.32. The number of pyridine rings is 3. The van der Waals surface area contributed by atoms with Crippen molar-refractivity contribution in [3.63, 3.8) is 0 Å². The highest BCUT2D eigenvalue weighted by molar-refractivity contribution is 7.90. The summed E-state index contributed by atoms with van der Waals surface area (Å²) >= 11 is 0. The molecule has 0 aliphatic rings. The summed E-state index contributed by atoms with van der Waals surface area (Å²) in [6.45, 7) is 0. The summed E-state index contributed by atoms with van der Waals surface area (Å²) in [5.41, 5.74) is 12.6. The van der Waals surface area contributed by atoms with E-state index in [4.69, 9.17) is 15.7 Å². The lowest BCUT2D eigenvalue weighted by molar-refractivity contribution is 0.600. The number of halogens is 1. The normalized spacial score (nSPS) is 11.9. The van der Waals surface area contributed by atoms with Gasteiger partial charge in [0.2, 0.25) is 0 Å². The number of imidazole rings is 1. The van der Waals surface area contributed by atoms with Gasteiger partial charge >= 0.3 is 0 Å². The number of hydrogen-bond acceptors (Lipinski definition) is 8. The quantitative estimate of drug-likeness (QED) is 0.293. The number of aromatic amines is 2. The van der Waals surface area contributed by atoms with Gasteiger partial charge in [-0.1, -0.05) is 6.07 Å². The summed E-state index contributed by atoms with van der Waals surface area (Å²) in [6, 6.07) is 10.0. The van der Waals surface area contributed by atoms with E-state index in [9.17, 15) is 12.8 Å². The fourth-order valence-electron chi connectivity index (χ4n) is 4.33. The first-order valence-electron chi connectivity index (χ1n) is 11.6. The zero-order chi connectivity index (χ0) is 26.4. The number of aromatic nitrogens is 7. The molecular formula is C26H21FN8O2S. The zero-order valence-corrected chi connectivity index (χ0v) is 20.9. The van der Waals surface area contributed by atoms with Crippen molar-refractivity contribution in [1.82, 2.24) is 35.1 Å². The standard InChI is InChI=1S/C26H21FN8O2S/c1-38(36,37)5-4-14-6-15(8-17(27)7-14)19-12-30-13-22-23(19)33-26(32-22)25-24-21(34-35-25)3-2-20(31-24)16-9-18(28)11-29-10-16/h2-3,6-13H,4-5,28H2,1H3,(H,32,33)(H,34,35). The number of fused-ring (bicyclic) bond motifs is 2. The van der Waals surface area contributed by atoms with Gasteiger partial charge < -0.3 is 10.7 Å². The van der Waals surface area contributed by atoms with Gasteiger partial charge in [0, 0.05) is 36.0 Å². The Kier molecular flexibility index (Phi) is 5.60. The van der Waals surface area contributed by atoms with Gasteiger partial charge in [-0.25, -0.2) is 22.8 Å². The molecule has 0 bridgehead atoms. The molecule has 12 heteroatoms. The van der Waals surface area contributed by atoms with Gasteiger partial charge in [0.05, 0.1) is 39.9 Å². The van der Waals surface area contributed by atoms with Gasteiger partial charge in [-0.15, -0.1) is 0 Å². The van der Waals surface area contributed by atoms with E-state index in [1.165, 1.54) is 12.1 Å². The molecule has 5 heterocycles. The Labute approximate surface area is 216 Å². The summed E-state index contributed by atoms with van der Waals surface area (Å²) in [6.07, 6.45) is 7.85. The molecule has 0 unspecified atom stereocenters. The number of benzene rings is 1. The number of anilines is 1. The topological polar surface area (TPSA) is 156 Å². The van der Waals surface area contributed by atoms with Crippen molar-refractivity contribution in [1.29, 1.82) is 0 Å². The molecule has 1 aromatic carbocycles. The molecule has 38 heavy (non-hydrogen) atoms. The maximum Gasteiger partial charge on any atom is 0.161 e. The van der Waals surface area contributed by atoms with Crippen molar-refractivity contribution < 1.29 is 12.8 Å². The first-order chi connectivity index (χ1) is 18.2. The van der Waals surface area contributed by atoms with Crippen LogP contribution in [0.5, 0.6) is 0 Å². The predicted octanol–water partition coefficient (Wildman–Crippen LogP) is 3.93. The predicted molar refractivity (Wildman–Crippen MR) is 143 cm³/mol. The number of nitrogen functional groups attached to an aromatic ring is 1. The first-order valence-corrected chi connectivity index (χ1v) is 13.7. The van der Waals surface area contributed by atoms with Crippen molar-refractivity contribution >= 4 is 37.6 Å². The number of nitrogens with two attached hydrogens (primary N) is 1. The molecule has 6 rings (SSSR count). The Morgan fingerprint density at radius 3 is 2.58 bits per heavy atom. The van der Waals surface area contributed by atoms with Crippen molar-refractivity contribution in [2.45, 2.75) is 6.42 Å². The summed E-state index contributed by atoms with van der Waals surface area (Å²) < 4.78 is 37.7. The SMILES string of the molecule is CS(=O)(=O)CCc1cc(F)cc(-c2cncc3[nH]c(-c4n[nH]c5ccc(-c6cncc(N)c6)nc45)nc23)c1. The second-order valence-corrected chi connectivity index (χ2v) is 11.3. The molecule has 4 N–H and O–H groups in total. The molecule has 0 saturated heterocycles. The van der Waals surface area contributed by atoms with Crippen LogP contribution in [0.15, 0.2) is 61.2 Å². The molecule has 0 fully saturated rings. The second kappa shape index (κ2) is 8.99. The summed E-state index contributed by atoms with van der Waals surface area (Å²) in [7, 11) is -3.19. The lowest BCUT2D eigenvalue weighted by Crippen LogP contribution is -2.06. The summed E-state index contributed by atoms with van der Waals surface area (Å²) in [4.78, 5) is 21.2. The smallest absolute Gasteiger partial charge is 0.161 e. The van der Waals surface area contributed by atoms with Gasteiger partial charge in [0.25, 0.3) is 0 Å². The van der Waals surface area contributed by atoms with Crippen molar-refractivity contribution in [3.05, 3.63) is 72.6 Å². The molecule has 190 valence electrons. The Morgan fingerprint density at radius 2 is 1.76 bits per heavy atom. The maximum absolute atomic E-state index is 14.5. The lowest BCUT2D eigenvalue weighted by Gasteiger charge is -2.07. The fourth-order valence-corrected chi connectivity index (χ4v) is 4.94. The van der Waals surface area contributed by atoms with E-state index in [1.54, 1.807) is 36.9 Å². The zero-order valence-electron chi connectivity index (χ0n) is 20.1. The number of sulfone groups is 1. The van der Waals surface area contributed by atoms with E-state index < -0.39 is 15.7 Å². The minimum atomic E-state index is -3.19. The third-order valence-electron chi connectivity index (χ3n) is 6.11. The summed E-state index contributed by atoms with van der Waals surface area (Å²) in [5, 5.41) is 7.41. The van der Waals surface area contributed by atoms with E-state index in [0.29, 0.717) is 56.1 Å². The van der Waals surface area contributed by atoms with Crippen LogP contribution >= 0.6 is 0 Å². The van der Waals surface area contributed by atoms with Crippen LogP contribution in [-0.2, 0) is 16.3 Å². The van der Waals surface area contributed by atoms with Crippen LogP contribution in [0.3, 0.4) is 0 Å². The number of nitrogens with one attached hydrogen (secondary N) is 2. The van der Waals surface area contributed by atoms with Gasteiger partial charge in [-0.2, -0.15) is 5.10 Å². The van der Waals surface area contributed by atoms with Crippen molar-refractivity contribution in [2.75, 3.05) is 17.7 Å². The molecule has 0 amide bonds.